The van der Waals surface area contributed by atoms with Gasteiger partial charge in [-0.1, -0.05) is 16.8 Å². The Kier molecular flexibility index (Phi) is 5.55. The predicted molar refractivity (Wildman–Crippen MR) is 92.0 cm³/mol. The van der Waals surface area contributed by atoms with Crippen LogP contribution in [0.5, 0.6) is 0 Å². The molecular weight excluding hydrogens is 464 g/mol. The highest BCUT2D eigenvalue weighted by atomic mass is 35.5. The zero-order valence-electron chi connectivity index (χ0n) is 15.2. The van der Waals surface area contributed by atoms with E-state index in [1.807, 2.05) is 0 Å². The van der Waals surface area contributed by atoms with E-state index in [2.05, 4.69) is 10.3 Å². The van der Waals surface area contributed by atoms with Gasteiger partial charge in [-0.15, -0.1) is 0 Å². The lowest BCUT2D eigenvalue weighted by molar-refractivity contribution is -0.292. The van der Waals surface area contributed by atoms with Crippen LogP contribution in [-0.4, -0.2) is 21.1 Å². The summed E-state index contributed by atoms with van der Waals surface area (Å²) in [4.78, 5) is 0. The Morgan fingerprint density at radius 3 is 2.26 bits per heavy atom. The maximum absolute atomic E-state index is 13.8. The molecule has 5 nitrogen and oxygen atoms in total. The molecular formula is C17H11ClF8N4O. The van der Waals surface area contributed by atoms with Crippen molar-refractivity contribution in [1.29, 1.82) is 0 Å². The Morgan fingerprint density at radius 1 is 1.06 bits per heavy atom. The highest BCUT2D eigenvalue weighted by molar-refractivity contribution is 6.31. The number of alkyl halides is 8. The van der Waals surface area contributed by atoms with E-state index in [0.717, 1.165) is 13.1 Å². The lowest BCUT2D eigenvalue weighted by Gasteiger charge is -2.19. The summed E-state index contributed by atoms with van der Waals surface area (Å²) in [6.45, 7) is 0.0313. The number of aryl methyl sites for hydroxylation is 1. The molecule has 0 aliphatic carbocycles. The molecule has 0 aliphatic rings. The monoisotopic (exact) mass is 474 g/mol. The molecule has 2 aromatic heterocycles. The number of aromatic nitrogens is 3. The number of rotatable bonds is 4. The summed E-state index contributed by atoms with van der Waals surface area (Å²) >= 11 is 5.93. The van der Waals surface area contributed by atoms with E-state index in [9.17, 15) is 35.1 Å². The summed E-state index contributed by atoms with van der Waals surface area (Å²) in [7, 11) is 0.781. The number of nitrogens with zero attached hydrogens (tertiary/aromatic N) is 3. The molecule has 0 unspecified atom stereocenters. The fourth-order valence-electron chi connectivity index (χ4n) is 2.85. The smallest absolute Gasteiger partial charge is 0.356 e. The quantitative estimate of drug-likeness (QED) is 0.505. The van der Waals surface area contributed by atoms with Gasteiger partial charge in [0.1, 0.15) is 17.0 Å². The molecule has 0 aliphatic heterocycles. The molecule has 31 heavy (non-hydrogen) atoms. The third-order valence-corrected chi connectivity index (χ3v) is 4.66. The summed E-state index contributed by atoms with van der Waals surface area (Å²) in [5.74, 6) is -5.95. The summed E-state index contributed by atoms with van der Waals surface area (Å²) in [5, 5.41) is 6.55. The zero-order valence-corrected chi connectivity index (χ0v) is 16.0. The maximum atomic E-state index is 13.8. The highest BCUT2D eigenvalue weighted by Crippen LogP contribution is 2.50. The van der Waals surface area contributed by atoms with E-state index < -0.39 is 40.9 Å². The minimum atomic E-state index is -6.30. The first kappa shape index (κ1) is 23.0. The van der Waals surface area contributed by atoms with E-state index in [1.165, 1.54) is 18.2 Å². The van der Waals surface area contributed by atoms with Gasteiger partial charge in [0.2, 0.25) is 0 Å². The molecule has 3 rings (SSSR count). The third-order valence-electron chi connectivity index (χ3n) is 4.29. The Balaban J connectivity index is 2.19. The number of hydrogen-bond acceptors (Lipinski definition) is 4. The summed E-state index contributed by atoms with van der Waals surface area (Å²) < 4.78 is 112. The molecule has 0 fully saturated rings. The second-order valence-corrected chi connectivity index (χ2v) is 6.76. The van der Waals surface area contributed by atoms with Crippen molar-refractivity contribution >= 4 is 11.6 Å². The Bertz CT molecular complexity index is 1120. The molecule has 0 saturated heterocycles. The molecule has 0 atom stereocenters. The van der Waals surface area contributed by atoms with Crippen LogP contribution in [0.3, 0.4) is 0 Å². The number of hydrogen-bond donors (Lipinski definition) is 1. The molecule has 1 aromatic carbocycles. The van der Waals surface area contributed by atoms with Crippen LogP contribution in [0.25, 0.3) is 22.7 Å². The van der Waals surface area contributed by atoms with Gasteiger partial charge >= 0.3 is 18.3 Å². The van der Waals surface area contributed by atoms with Crippen molar-refractivity contribution in [2.75, 3.05) is 0 Å². The molecule has 168 valence electrons. The first-order chi connectivity index (χ1) is 14.2. The second kappa shape index (κ2) is 7.48. The highest BCUT2D eigenvalue weighted by Gasteiger charge is 2.64. The molecule has 2 heterocycles. The molecule has 0 radical (unpaired) electrons. The van der Waals surface area contributed by atoms with Crippen LogP contribution < -0.4 is 5.73 Å². The van der Waals surface area contributed by atoms with Crippen molar-refractivity contribution in [1.82, 2.24) is 14.9 Å². The lowest BCUT2D eigenvalue weighted by atomic mass is 10.0. The van der Waals surface area contributed by atoms with E-state index in [1.54, 1.807) is 0 Å². The van der Waals surface area contributed by atoms with Crippen molar-refractivity contribution < 1.29 is 39.6 Å². The van der Waals surface area contributed by atoms with Gasteiger partial charge in [-0.2, -0.15) is 40.2 Å². The van der Waals surface area contributed by atoms with Gasteiger partial charge < -0.3 is 10.3 Å². The first-order valence-electron chi connectivity index (χ1n) is 8.23. The number of nitrogens with two attached hydrogens (primary N) is 1. The van der Waals surface area contributed by atoms with Crippen molar-refractivity contribution in [2.24, 2.45) is 12.8 Å². The standard InChI is InChI=1S/C17H11ClF8N4O/c1-30-13(12(16(21,22)23)14(28-30)15(19,20)17(24,25)26)10-5-11(31-29-10)7-2-3-9(18)8(4-7)6-27/h2-5H,6,27H2,1H3. The molecule has 0 bridgehead atoms. The molecule has 14 heteroatoms. The molecule has 0 spiro atoms. The van der Waals surface area contributed by atoms with Crippen LogP contribution in [0, 0.1) is 0 Å². The molecule has 0 saturated carbocycles. The van der Waals surface area contributed by atoms with Crippen LogP contribution in [0.1, 0.15) is 16.8 Å². The minimum absolute atomic E-state index is 0.0313. The van der Waals surface area contributed by atoms with Gasteiger partial charge in [0.15, 0.2) is 11.5 Å². The summed E-state index contributed by atoms with van der Waals surface area (Å²) in [6, 6.07) is 5.28. The third kappa shape index (κ3) is 3.99. The Morgan fingerprint density at radius 2 is 1.71 bits per heavy atom. The maximum Gasteiger partial charge on any atom is 0.459 e. The Labute approximate surface area is 173 Å². The van der Waals surface area contributed by atoms with E-state index in [0.29, 0.717) is 16.1 Å². The SMILES string of the molecule is Cn1nc(C(F)(F)C(F)(F)F)c(C(F)(F)F)c1-c1cc(-c2ccc(Cl)c(CN)c2)on1. The fourth-order valence-corrected chi connectivity index (χ4v) is 3.04. The van der Waals surface area contributed by atoms with E-state index in [4.69, 9.17) is 21.9 Å². The summed E-state index contributed by atoms with van der Waals surface area (Å²) in [5.41, 5.74) is -0.217. The average Bonchev–Trinajstić information content (AvgIpc) is 3.25. The van der Waals surface area contributed by atoms with Gasteiger partial charge in [0.25, 0.3) is 0 Å². The van der Waals surface area contributed by atoms with Crippen molar-refractivity contribution in [3.05, 3.63) is 46.1 Å². The van der Waals surface area contributed by atoms with Gasteiger partial charge in [-0.3, -0.25) is 4.68 Å². The van der Waals surface area contributed by atoms with Crippen molar-refractivity contribution in [3.8, 4) is 22.7 Å². The van der Waals surface area contributed by atoms with Gasteiger partial charge in [-0.05, 0) is 23.8 Å². The zero-order chi connectivity index (χ0) is 23.4. The topological polar surface area (TPSA) is 69.9 Å². The largest absolute Gasteiger partial charge is 0.459 e. The van der Waals surface area contributed by atoms with E-state index >= 15 is 0 Å². The van der Waals surface area contributed by atoms with Crippen molar-refractivity contribution in [3.63, 3.8) is 0 Å². The Hall–Kier alpha value is -2.67. The van der Waals surface area contributed by atoms with Gasteiger partial charge in [-0.25, -0.2) is 0 Å². The van der Waals surface area contributed by atoms with Crippen LogP contribution in [0.2, 0.25) is 5.02 Å². The fraction of sp³-hybridized carbons (Fsp3) is 0.294. The number of benzene rings is 1. The van der Waals surface area contributed by atoms with Crippen LogP contribution >= 0.6 is 11.6 Å². The number of halogens is 9. The van der Waals surface area contributed by atoms with Crippen LogP contribution in [-0.2, 0) is 25.7 Å². The summed E-state index contributed by atoms with van der Waals surface area (Å²) in [6.07, 6.45) is -11.9. The predicted octanol–water partition coefficient (Wildman–Crippen LogP) is 5.53. The van der Waals surface area contributed by atoms with Gasteiger partial charge in [0, 0.05) is 30.2 Å². The molecule has 3 aromatic rings. The van der Waals surface area contributed by atoms with E-state index in [-0.39, 0.29) is 17.0 Å². The van der Waals surface area contributed by atoms with Crippen LogP contribution in [0.15, 0.2) is 28.8 Å². The molecule has 2 N–H and O–H groups in total. The molecule has 0 amide bonds. The van der Waals surface area contributed by atoms with Gasteiger partial charge in [0.05, 0.1) is 0 Å². The van der Waals surface area contributed by atoms with Crippen molar-refractivity contribution in [2.45, 2.75) is 24.8 Å². The average molecular weight is 475 g/mol. The second-order valence-electron chi connectivity index (χ2n) is 6.35. The lowest BCUT2D eigenvalue weighted by Crippen LogP contribution is -2.36. The first-order valence-corrected chi connectivity index (χ1v) is 8.61. The normalized spacial score (nSPS) is 13.1. The minimum Gasteiger partial charge on any atom is -0.356 e. The van der Waals surface area contributed by atoms with Crippen LogP contribution in [0.4, 0.5) is 35.1 Å².